The summed E-state index contributed by atoms with van der Waals surface area (Å²) in [6, 6.07) is 0. The van der Waals surface area contributed by atoms with E-state index in [0.717, 1.165) is 35.7 Å². The molecular formula is C9H9BrN6. The Labute approximate surface area is 100 Å². The summed E-state index contributed by atoms with van der Waals surface area (Å²) in [6.45, 7) is 2.52. The van der Waals surface area contributed by atoms with Crippen LogP contribution in [0.4, 0.5) is 5.82 Å². The SMILES string of the molecule is Brc1cncnc1N1CCn2cnnc2C1. The molecule has 0 aromatic carbocycles. The third-order valence-electron chi connectivity index (χ3n) is 2.59. The predicted octanol–water partition coefficient (Wildman–Crippen LogP) is 0.851. The van der Waals surface area contributed by atoms with Crippen molar-refractivity contribution in [2.24, 2.45) is 0 Å². The highest BCUT2D eigenvalue weighted by atomic mass is 79.9. The van der Waals surface area contributed by atoms with Crippen LogP contribution >= 0.6 is 15.9 Å². The summed E-state index contributed by atoms with van der Waals surface area (Å²) in [6.07, 6.45) is 5.07. The number of nitrogens with zero attached hydrogens (tertiary/aromatic N) is 6. The molecule has 0 saturated carbocycles. The largest absolute Gasteiger partial charge is 0.346 e. The first-order valence-corrected chi connectivity index (χ1v) is 5.71. The second kappa shape index (κ2) is 3.82. The predicted molar refractivity (Wildman–Crippen MR) is 60.8 cm³/mol. The second-order valence-electron chi connectivity index (χ2n) is 3.56. The van der Waals surface area contributed by atoms with Crippen molar-refractivity contribution in [3.8, 4) is 0 Å². The Kier molecular flexibility index (Phi) is 2.32. The average Bonchev–Trinajstić information content (AvgIpc) is 2.76. The lowest BCUT2D eigenvalue weighted by atomic mass is 10.3. The summed E-state index contributed by atoms with van der Waals surface area (Å²) in [5.74, 6) is 1.88. The lowest BCUT2D eigenvalue weighted by molar-refractivity contribution is 0.555. The highest BCUT2D eigenvalue weighted by molar-refractivity contribution is 9.10. The molecule has 0 unspecified atom stereocenters. The van der Waals surface area contributed by atoms with Crippen LogP contribution in [0.3, 0.4) is 0 Å². The van der Waals surface area contributed by atoms with Crippen LogP contribution in [0.25, 0.3) is 0 Å². The molecular weight excluding hydrogens is 272 g/mol. The molecule has 1 aliphatic rings. The van der Waals surface area contributed by atoms with Gasteiger partial charge in [0.1, 0.15) is 18.5 Å². The molecule has 3 rings (SSSR count). The van der Waals surface area contributed by atoms with E-state index in [2.05, 4.69) is 45.6 Å². The van der Waals surface area contributed by atoms with Crippen molar-refractivity contribution in [3.63, 3.8) is 0 Å². The first kappa shape index (κ1) is 9.71. The maximum atomic E-state index is 4.27. The topological polar surface area (TPSA) is 59.7 Å². The van der Waals surface area contributed by atoms with Crippen LogP contribution in [0.2, 0.25) is 0 Å². The normalized spacial score (nSPS) is 14.9. The Morgan fingerprint density at radius 1 is 1.31 bits per heavy atom. The van der Waals surface area contributed by atoms with E-state index < -0.39 is 0 Å². The maximum Gasteiger partial charge on any atom is 0.152 e. The molecule has 2 aromatic heterocycles. The van der Waals surface area contributed by atoms with Crippen LogP contribution in [0.1, 0.15) is 5.82 Å². The highest BCUT2D eigenvalue weighted by Gasteiger charge is 2.20. The van der Waals surface area contributed by atoms with Crippen molar-refractivity contribution in [2.75, 3.05) is 11.4 Å². The molecule has 0 fully saturated rings. The Morgan fingerprint density at radius 2 is 2.25 bits per heavy atom. The van der Waals surface area contributed by atoms with Crippen molar-refractivity contribution in [1.82, 2.24) is 24.7 Å². The highest BCUT2D eigenvalue weighted by Crippen LogP contribution is 2.24. The molecule has 2 aromatic rings. The molecule has 0 N–H and O–H groups in total. The molecule has 0 saturated heterocycles. The Morgan fingerprint density at radius 3 is 3.12 bits per heavy atom. The van der Waals surface area contributed by atoms with E-state index in [1.165, 1.54) is 0 Å². The first-order chi connectivity index (χ1) is 7.84. The van der Waals surface area contributed by atoms with E-state index in [1.54, 1.807) is 18.9 Å². The van der Waals surface area contributed by atoms with Crippen molar-refractivity contribution in [1.29, 1.82) is 0 Å². The van der Waals surface area contributed by atoms with Gasteiger partial charge in [0.2, 0.25) is 0 Å². The number of halogens is 1. The smallest absolute Gasteiger partial charge is 0.152 e. The fourth-order valence-electron chi connectivity index (χ4n) is 1.79. The Hall–Kier alpha value is -1.50. The number of hydrogen-bond acceptors (Lipinski definition) is 5. The zero-order valence-corrected chi connectivity index (χ0v) is 10.0. The van der Waals surface area contributed by atoms with Gasteiger partial charge in [-0.25, -0.2) is 9.97 Å². The van der Waals surface area contributed by atoms with Crippen molar-refractivity contribution >= 4 is 21.7 Å². The molecule has 0 aliphatic carbocycles. The monoisotopic (exact) mass is 280 g/mol. The minimum absolute atomic E-state index is 0.732. The molecule has 1 aliphatic heterocycles. The second-order valence-corrected chi connectivity index (χ2v) is 4.41. The van der Waals surface area contributed by atoms with Crippen LogP contribution in [-0.2, 0) is 13.1 Å². The zero-order chi connectivity index (χ0) is 11.0. The van der Waals surface area contributed by atoms with Crippen LogP contribution < -0.4 is 4.90 Å². The average molecular weight is 281 g/mol. The minimum atomic E-state index is 0.732. The molecule has 7 heteroatoms. The van der Waals surface area contributed by atoms with Crippen molar-refractivity contribution in [3.05, 3.63) is 29.1 Å². The van der Waals surface area contributed by atoms with Gasteiger partial charge in [0.25, 0.3) is 0 Å². The van der Waals surface area contributed by atoms with Crippen LogP contribution in [0.5, 0.6) is 0 Å². The minimum Gasteiger partial charge on any atom is -0.346 e. The molecule has 0 radical (unpaired) electrons. The summed E-state index contributed by atoms with van der Waals surface area (Å²) in [4.78, 5) is 10.4. The molecule has 16 heavy (non-hydrogen) atoms. The maximum absolute atomic E-state index is 4.27. The first-order valence-electron chi connectivity index (χ1n) is 4.92. The summed E-state index contributed by atoms with van der Waals surface area (Å²) in [7, 11) is 0. The lowest BCUT2D eigenvalue weighted by Crippen LogP contribution is -2.34. The fourth-order valence-corrected chi connectivity index (χ4v) is 2.26. The summed E-state index contributed by atoms with van der Waals surface area (Å²) in [5, 5.41) is 7.97. The van der Waals surface area contributed by atoms with E-state index in [9.17, 15) is 0 Å². The van der Waals surface area contributed by atoms with Crippen LogP contribution in [0.15, 0.2) is 23.3 Å². The zero-order valence-electron chi connectivity index (χ0n) is 8.41. The number of rotatable bonds is 1. The molecule has 0 atom stereocenters. The van der Waals surface area contributed by atoms with Gasteiger partial charge in [0, 0.05) is 19.3 Å². The fraction of sp³-hybridized carbons (Fsp3) is 0.333. The summed E-state index contributed by atoms with van der Waals surface area (Å²) >= 11 is 3.45. The van der Waals surface area contributed by atoms with Gasteiger partial charge in [0.05, 0.1) is 11.0 Å². The number of fused-ring (bicyclic) bond motifs is 1. The van der Waals surface area contributed by atoms with Gasteiger partial charge in [-0.2, -0.15) is 0 Å². The lowest BCUT2D eigenvalue weighted by Gasteiger charge is -2.28. The van der Waals surface area contributed by atoms with Crippen LogP contribution in [-0.4, -0.2) is 31.3 Å². The molecule has 3 heterocycles. The van der Waals surface area contributed by atoms with Gasteiger partial charge in [-0.15, -0.1) is 10.2 Å². The Balaban J connectivity index is 1.92. The summed E-state index contributed by atoms with van der Waals surface area (Å²) in [5.41, 5.74) is 0. The van der Waals surface area contributed by atoms with Crippen molar-refractivity contribution < 1.29 is 0 Å². The van der Waals surface area contributed by atoms with Gasteiger partial charge in [-0.1, -0.05) is 0 Å². The van der Waals surface area contributed by atoms with Gasteiger partial charge in [0.15, 0.2) is 5.82 Å². The van der Waals surface area contributed by atoms with Gasteiger partial charge in [-0.05, 0) is 15.9 Å². The molecule has 82 valence electrons. The quantitative estimate of drug-likeness (QED) is 0.775. The van der Waals surface area contributed by atoms with Crippen molar-refractivity contribution in [2.45, 2.75) is 13.1 Å². The standard InChI is InChI=1S/C9H9BrN6/c10-7-3-11-5-12-9(7)15-1-2-16-6-13-14-8(16)4-15/h3,5-6H,1-2,4H2. The van der Waals surface area contributed by atoms with E-state index in [0.29, 0.717) is 0 Å². The van der Waals surface area contributed by atoms with E-state index in [1.807, 2.05) is 0 Å². The number of anilines is 1. The molecule has 0 bridgehead atoms. The van der Waals surface area contributed by atoms with Gasteiger partial charge < -0.3 is 9.47 Å². The molecule has 6 nitrogen and oxygen atoms in total. The van der Waals surface area contributed by atoms with E-state index in [4.69, 9.17) is 0 Å². The molecule has 0 spiro atoms. The van der Waals surface area contributed by atoms with Gasteiger partial charge in [-0.3, -0.25) is 0 Å². The third-order valence-corrected chi connectivity index (χ3v) is 3.15. The summed E-state index contributed by atoms with van der Waals surface area (Å²) < 4.78 is 2.97. The third kappa shape index (κ3) is 1.57. The van der Waals surface area contributed by atoms with Crippen LogP contribution in [0, 0.1) is 0 Å². The van der Waals surface area contributed by atoms with Gasteiger partial charge >= 0.3 is 0 Å². The van der Waals surface area contributed by atoms with E-state index >= 15 is 0 Å². The number of hydrogen-bond donors (Lipinski definition) is 0. The Bertz CT molecular complexity index is 510. The molecule has 0 amide bonds. The number of aromatic nitrogens is 5. The van der Waals surface area contributed by atoms with E-state index in [-0.39, 0.29) is 0 Å².